The summed E-state index contributed by atoms with van der Waals surface area (Å²) < 4.78 is 10.4. The van der Waals surface area contributed by atoms with Gasteiger partial charge in [0.2, 0.25) is 11.8 Å². The molecule has 19 heavy (non-hydrogen) atoms. The van der Waals surface area contributed by atoms with Crippen LogP contribution >= 0.6 is 0 Å². The van der Waals surface area contributed by atoms with E-state index in [2.05, 4.69) is 15.6 Å². The molecule has 1 aliphatic rings. The van der Waals surface area contributed by atoms with E-state index in [0.29, 0.717) is 32.1 Å². The molecule has 1 unspecified atom stereocenters. The average molecular weight is 265 g/mol. The summed E-state index contributed by atoms with van der Waals surface area (Å²) in [5.41, 5.74) is 0.867. The van der Waals surface area contributed by atoms with Gasteiger partial charge in [0.05, 0.1) is 20.3 Å². The Labute approximate surface area is 112 Å². The van der Waals surface area contributed by atoms with Gasteiger partial charge in [0.15, 0.2) is 0 Å². The van der Waals surface area contributed by atoms with Crippen molar-refractivity contribution < 1.29 is 14.3 Å². The molecule has 1 aliphatic heterocycles. The number of carbonyl (C=O) groups excluding carboxylic acids is 1. The van der Waals surface area contributed by atoms with Crippen molar-refractivity contribution in [3.63, 3.8) is 0 Å². The maximum Gasteiger partial charge on any atom is 0.221 e. The molecule has 1 atom stereocenters. The molecule has 0 bridgehead atoms. The van der Waals surface area contributed by atoms with Gasteiger partial charge in [-0.05, 0) is 6.07 Å². The molecule has 0 spiro atoms. The first-order valence-electron chi connectivity index (χ1n) is 6.35. The molecule has 0 aromatic carbocycles. The van der Waals surface area contributed by atoms with Crippen LogP contribution in [0.4, 0.5) is 0 Å². The van der Waals surface area contributed by atoms with Crippen LogP contribution in [0.1, 0.15) is 12.0 Å². The van der Waals surface area contributed by atoms with Gasteiger partial charge in [-0.2, -0.15) is 0 Å². The van der Waals surface area contributed by atoms with Crippen molar-refractivity contribution in [2.45, 2.75) is 19.0 Å². The number of carbonyl (C=O) groups is 1. The van der Waals surface area contributed by atoms with Crippen LogP contribution in [-0.4, -0.2) is 43.8 Å². The lowest BCUT2D eigenvalue weighted by atomic mass is 10.2. The van der Waals surface area contributed by atoms with Crippen molar-refractivity contribution in [1.29, 1.82) is 0 Å². The fourth-order valence-electron chi connectivity index (χ4n) is 1.98. The van der Waals surface area contributed by atoms with E-state index in [4.69, 9.17) is 9.47 Å². The number of hydrogen-bond acceptors (Lipinski definition) is 5. The second kappa shape index (κ2) is 7.06. The van der Waals surface area contributed by atoms with E-state index in [1.54, 1.807) is 13.3 Å². The number of pyridine rings is 1. The summed E-state index contributed by atoms with van der Waals surface area (Å²) in [6, 6.07) is 3.80. The van der Waals surface area contributed by atoms with Crippen LogP contribution in [0.2, 0.25) is 0 Å². The Hall–Kier alpha value is -1.66. The van der Waals surface area contributed by atoms with Crippen LogP contribution < -0.4 is 15.4 Å². The third kappa shape index (κ3) is 4.18. The first-order valence-corrected chi connectivity index (χ1v) is 6.35. The number of rotatable bonds is 5. The monoisotopic (exact) mass is 265 g/mol. The standard InChI is InChI=1S/C13H19N3O3/c1-18-13-10(3-2-4-15-13)8-16-12(17)7-11-9-19-6-5-14-11/h2-4,11,14H,5-9H2,1H3,(H,16,17). The average Bonchev–Trinajstić information content (AvgIpc) is 2.46. The quantitative estimate of drug-likeness (QED) is 0.789. The smallest absolute Gasteiger partial charge is 0.221 e. The van der Waals surface area contributed by atoms with Gasteiger partial charge in [0, 0.05) is 37.3 Å². The number of aromatic nitrogens is 1. The SMILES string of the molecule is COc1ncccc1CNC(=O)CC1COCCN1. The highest BCUT2D eigenvalue weighted by Crippen LogP contribution is 2.12. The van der Waals surface area contributed by atoms with Crippen molar-refractivity contribution in [3.8, 4) is 5.88 Å². The second-order valence-corrected chi connectivity index (χ2v) is 4.38. The Balaban J connectivity index is 1.79. The maximum absolute atomic E-state index is 11.8. The molecule has 1 saturated heterocycles. The number of nitrogens with zero attached hydrogens (tertiary/aromatic N) is 1. The highest BCUT2D eigenvalue weighted by molar-refractivity contribution is 5.76. The van der Waals surface area contributed by atoms with E-state index in [1.807, 2.05) is 12.1 Å². The van der Waals surface area contributed by atoms with Gasteiger partial charge in [0.1, 0.15) is 0 Å². The van der Waals surface area contributed by atoms with Crippen molar-refractivity contribution in [1.82, 2.24) is 15.6 Å². The van der Waals surface area contributed by atoms with Crippen molar-refractivity contribution in [2.24, 2.45) is 0 Å². The highest BCUT2D eigenvalue weighted by Gasteiger charge is 2.16. The van der Waals surface area contributed by atoms with Crippen LogP contribution in [0.15, 0.2) is 18.3 Å². The minimum Gasteiger partial charge on any atom is -0.481 e. The van der Waals surface area contributed by atoms with Gasteiger partial charge in [-0.1, -0.05) is 6.07 Å². The number of nitrogens with one attached hydrogen (secondary N) is 2. The predicted molar refractivity (Wildman–Crippen MR) is 69.9 cm³/mol. The van der Waals surface area contributed by atoms with E-state index in [0.717, 1.165) is 12.1 Å². The minimum atomic E-state index is -0.00564. The fourth-order valence-corrected chi connectivity index (χ4v) is 1.98. The van der Waals surface area contributed by atoms with Gasteiger partial charge in [-0.15, -0.1) is 0 Å². The van der Waals surface area contributed by atoms with Gasteiger partial charge in [-0.25, -0.2) is 4.98 Å². The van der Waals surface area contributed by atoms with Crippen molar-refractivity contribution >= 4 is 5.91 Å². The minimum absolute atomic E-state index is 0.00564. The number of methoxy groups -OCH3 is 1. The van der Waals surface area contributed by atoms with Crippen LogP contribution in [0, 0.1) is 0 Å². The molecule has 0 radical (unpaired) electrons. The van der Waals surface area contributed by atoms with E-state index < -0.39 is 0 Å². The van der Waals surface area contributed by atoms with Crippen LogP contribution in [0.25, 0.3) is 0 Å². The van der Waals surface area contributed by atoms with Gasteiger partial charge in [-0.3, -0.25) is 4.79 Å². The number of ether oxygens (including phenoxy) is 2. The molecule has 1 aromatic rings. The van der Waals surface area contributed by atoms with Crippen LogP contribution in [0.5, 0.6) is 5.88 Å². The first-order chi connectivity index (χ1) is 9.29. The Morgan fingerprint density at radius 1 is 1.68 bits per heavy atom. The lowest BCUT2D eigenvalue weighted by Crippen LogP contribution is -2.44. The summed E-state index contributed by atoms with van der Waals surface area (Å²) in [4.78, 5) is 15.9. The summed E-state index contributed by atoms with van der Waals surface area (Å²) in [6.07, 6.45) is 2.08. The third-order valence-electron chi connectivity index (χ3n) is 2.95. The zero-order chi connectivity index (χ0) is 13.5. The topological polar surface area (TPSA) is 72.5 Å². The van der Waals surface area contributed by atoms with Gasteiger partial charge < -0.3 is 20.1 Å². The lowest BCUT2D eigenvalue weighted by Gasteiger charge is -2.23. The van der Waals surface area contributed by atoms with Crippen LogP contribution in [0.3, 0.4) is 0 Å². The Morgan fingerprint density at radius 2 is 2.58 bits per heavy atom. The second-order valence-electron chi connectivity index (χ2n) is 4.38. The molecule has 0 saturated carbocycles. The zero-order valence-electron chi connectivity index (χ0n) is 11.0. The molecule has 6 heteroatoms. The predicted octanol–water partition coefficient (Wildman–Crippen LogP) is 0.0849. The summed E-state index contributed by atoms with van der Waals surface area (Å²) in [6.45, 7) is 2.52. The Bertz CT molecular complexity index is 419. The van der Waals surface area contributed by atoms with Crippen molar-refractivity contribution in [2.75, 3.05) is 26.9 Å². The largest absolute Gasteiger partial charge is 0.481 e. The summed E-state index contributed by atoms with van der Waals surface area (Å²) in [7, 11) is 1.57. The summed E-state index contributed by atoms with van der Waals surface area (Å²) >= 11 is 0. The number of morpholine rings is 1. The lowest BCUT2D eigenvalue weighted by molar-refractivity contribution is -0.122. The highest BCUT2D eigenvalue weighted by atomic mass is 16.5. The molecular formula is C13H19N3O3. The zero-order valence-corrected chi connectivity index (χ0v) is 11.0. The maximum atomic E-state index is 11.8. The first kappa shape index (κ1) is 13.8. The molecule has 2 N–H and O–H groups in total. The third-order valence-corrected chi connectivity index (χ3v) is 2.95. The molecule has 6 nitrogen and oxygen atoms in total. The molecule has 2 rings (SSSR count). The van der Waals surface area contributed by atoms with Crippen LogP contribution in [-0.2, 0) is 16.1 Å². The van der Waals surface area contributed by atoms with E-state index in [-0.39, 0.29) is 11.9 Å². The van der Waals surface area contributed by atoms with Crippen molar-refractivity contribution in [3.05, 3.63) is 23.9 Å². The van der Waals surface area contributed by atoms with E-state index >= 15 is 0 Å². The normalized spacial score (nSPS) is 18.9. The fraction of sp³-hybridized carbons (Fsp3) is 0.538. The Morgan fingerprint density at radius 3 is 3.32 bits per heavy atom. The van der Waals surface area contributed by atoms with E-state index in [1.165, 1.54) is 0 Å². The van der Waals surface area contributed by atoms with Gasteiger partial charge in [0.25, 0.3) is 0 Å². The summed E-state index contributed by atoms with van der Waals surface area (Å²) in [5.74, 6) is 0.538. The molecular weight excluding hydrogens is 246 g/mol. The van der Waals surface area contributed by atoms with Gasteiger partial charge >= 0.3 is 0 Å². The molecule has 0 aliphatic carbocycles. The number of hydrogen-bond donors (Lipinski definition) is 2. The molecule has 1 fully saturated rings. The molecule has 1 amide bonds. The van der Waals surface area contributed by atoms with E-state index in [9.17, 15) is 4.79 Å². The molecule has 1 aromatic heterocycles. The summed E-state index contributed by atoms with van der Waals surface area (Å²) in [5, 5.41) is 6.11. The molecule has 104 valence electrons. The molecule has 2 heterocycles. The number of amides is 1. The Kier molecular flexibility index (Phi) is 5.11.